The van der Waals surface area contributed by atoms with Crippen molar-refractivity contribution in [2.75, 3.05) is 0 Å². The van der Waals surface area contributed by atoms with Crippen LogP contribution in [-0.4, -0.2) is 10.5 Å². The third-order valence-corrected chi connectivity index (χ3v) is 3.86. The molecule has 0 bridgehead atoms. The minimum atomic E-state index is -0.328. The van der Waals surface area contributed by atoms with E-state index in [4.69, 9.17) is 0 Å². The number of benzene rings is 1. The molecule has 1 aromatic carbocycles. The van der Waals surface area contributed by atoms with Crippen molar-refractivity contribution >= 4 is 17.5 Å². The van der Waals surface area contributed by atoms with Crippen LogP contribution in [0.4, 0.5) is 0 Å². The van der Waals surface area contributed by atoms with E-state index in [9.17, 15) is 4.79 Å². The van der Waals surface area contributed by atoms with Gasteiger partial charge in [0, 0.05) is 10.5 Å². The van der Waals surface area contributed by atoms with Crippen LogP contribution >= 0.6 is 11.8 Å². The molecule has 0 aromatic heterocycles. The van der Waals surface area contributed by atoms with Gasteiger partial charge in [-0.2, -0.15) is 0 Å². The molecular weight excluding hydrogens is 192 g/mol. The Bertz CT molecular complexity index is 397. The normalized spacial score (nSPS) is 24.8. The lowest BCUT2D eigenvalue weighted by atomic mass is 9.96. The first-order valence-electron chi connectivity index (χ1n) is 4.61. The van der Waals surface area contributed by atoms with Gasteiger partial charge in [-0.25, -0.2) is 0 Å². The molecule has 2 rings (SSSR count). The molecule has 1 nitrogen and oxygen atoms in total. The largest absolute Gasteiger partial charge is 0.293 e. The summed E-state index contributed by atoms with van der Waals surface area (Å²) in [5, 5.41) is 0. The van der Waals surface area contributed by atoms with E-state index in [1.54, 1.807) is 11.8 Å². The number of hydrogen-bond acceptors (Lipinski definition) is 2. The molecule has 1 heterocycles. The van der Waals surface area contributed by atoms with Gasteiger partial charge in [0.15, 0.2) is 5.78 Å². The lowest BCUT2D eigenvalue weighted by molar-refractivity contribution is 0.0955. The maximum Gasteiger partial charge on any atom is 0.180 e. The molecule has 1 aliphatic rings. The molecule has 0 radical (unpaired) electrons. The highest BCUT2D eigenvalue weighted by molar-refractivity contribution is 8.02. The van der Waals surface area contributed by atoms with E-state index in [-0.39, 0.29) is 10.5 Å². The van der Waals surface area contributed by atoms with Gasteiger partial charge in [-0.3, -0.25) is 4.79 Å². The quantitative estimate of drug-likeness (QED) is 0.687. The Kier molecular flexibility index (Phi) is 2.23. The van der Waals surface area contributed by atoms with Crippen LogP contribution in [0.15, 0.2) is 41.8 Å². The van der Waals surface area contributed by atoms with Crippen molar-refractivity contribution in [2.24, 2.45) is 0 Å². The number of thioether (sulfide) groups is 1. The molecule has 0 amide bonds. The first kappa shape index (κ1) is 9.53. The average molecular weight is 204 g/mol. The molecule has 0 spiro atoms. The zero-order valence-electron chi connectivity index (χ0n) is 8.12. The van der Waals surface area contributed by atoms with Crippen molar-refractivity contribution in [1.29, 1.82) is 0 Å². The van der Waals surface area contributed by atoms with Gasteiger partial charge in [0.2, 0.25) is 0 Å². The molecule has 0 saturated carbocycles. The molecule has 2 heteroatoms. The first-order chi connectivity index (χ1) is 6.67. The van der Waals surface area contributed by atoms with Crippen LogP contribution in [0.25, 0.3) is 0 Å². The molecule has 1 aliphatic heterocycles. The monoisotopic (exact) mass is 204 g/mol. The SMILES string of the molecule is C=CCC1(C)Sc2ccccc2C1=O. The molecule has 14 heavy (non-hydrogen) atoms. The van der Waals surface area contributed by atoms with Crippen LogP contribution in [-0.2, 0) is 0 Å². The number of fused-ring (bicyclic) bond motifs is 1. The van der Waals surface area contributed by atoms with Crippen LogP contribution in [0.1, 0.15) is 23.7 Å². The number of carbonyl (C=O) groups excluding carboxylic acids is 1. The van der Waals surface area contributed by atoms with Crippen molar-refractivity contribution in [3.63, 3.8) is 0 Å². The highest BCUT2D eigenvalue weighted by Gasteiger charge is 2.41. The second-order valence-electron chi connectivity index (χ2n) is 3.65. The van der Waals surface area contributed by atoms with Gasteiger partial charge in [0.25, 0.3) is 0 Å². The van der Waals surface area contributed by atoms with E-state index in [2.05, 4.69) is 6.58 Å². The second-order valence-corrected chi connectivity index (χ2v) is 5.20. The molecule has 1 atom stereocenters. The van der Waals surface area contributed by atoms with Gasteiger partial charge >= 0.3 is 0 Å². The summed E-state index contributed by atoms with van der Waals surface area (Å²) in [5.41, 5.74) is 0.863. The van der Waals surface area contributed by atoms with Crippen LogP contribution in [0.3, 0.4) is 0 Å². The second kappa shape index (κ2) is 3.28. The van der Waals surface area contributed by atoms with Crippen molar-refractivity contribution in [3.05, 3.63) is 42.5 Å². The van der Waals surface area contributed by atoms with E-state index < -0.39 is 0 Å². The molecule has 1 aromatic rings. The number of hydrogen-bond donors (Lipinski definition) is 0. The van der Waals surface area contributed by atoms with Crippen molar-refractivity contribution < 1.29 is 4.79 Å². The number of Topliss-reactive ketones (excluding diaryl/α,β-unsaturated/α-hetero) is 1. The molecular formula is C12H12OS. The molecule has 0 aliphatic carbocycles. The Morgan fingerprint density at radius 2 is 2.21 bits per heavy atom. The molecule has 1 unspecified atom stereocenters. The Morgan fingerprint density at radius 3 is 2.86 bits per heavy atom. The van der Waals surface area contributed by atoms with Crippen LogP contribution in [0.5, 0.6) is 0 Å². The van der Waals surface area contributed by atoms with Crippen LogP contribution < -0.4 is 0 Å². The Morgan fingerprint density at radius 1 is 1.50 bits per heavy atom. The smallest absolute Gasteiger partial charge is 0.180 e. The molecule has 0 saturated heterocycles. The number of ketones is 1. The van der Waals surface area contributed by atoms with E-state index in [0.29, 0.717) is 0 Å². The van der Waals surface area contributed by atoms with Gasteiger partial charge in [-0.05, 0) is 19.4 Å². The van der Waals surface area contributed by atoms with Gasteiger partial charge in [-0.15, -0.1) is 18.3 Å². The van der Waals surface area contributed by atoms with Crippen LogP contribution in [0.2, 0.25) is 0 Å². The summed E-state index contributed by atoms with van der Waals surface area (Å²) in [7, 11) is 0. The summed E-state index contributed by atoms with van der Waals surface area (Å²) in [6.45, 7) is 5.69. The minimum absolute atomic E-state index is 0.234. The zero-order chi connectivity index (χ0) is 10.2. The summed E-state index contributed by atoms with van der Waals surface area (Å²) in [5.74, 6) is 0.234. The standard InChI is InChI=1S/C12H12OS/c1-3-8-12(2)11(13)9-6-4-5-7-10(9)14-12/h3-7H,1,8H2,2H3. The topological polar surface area (TPSA) is 17.1 Å². The van der Waals surface area contributed by atoms with E-state index >= 15 is 0 Å². The summed E-state index contributed by atoms with van der Waals surface area (Å²) < 4.78 is -0.328. The summed E-state index contributed by atoms with van der Waals surface area (Å²) in [4.78, 5) is 13.1. The third-order valence-electron chi connectivity index (χ3n) is 2.48. The van der Waals surface area contributed by atoms with Gasteiger partial charge in [0.05, 0.1) is 4.75 Å². The highest BCUT2D eigenvalue weighted by Crippen LogP contribution is 2.46. The van der Waals surface area contributed by atoms with E-state index in [1.807, 2.05) is 37.3 Å². The van der Waals surface area contributed by atoms with E-state index in [1.165, 1.54) is 0 Å². The predicted octanol–water partition coefficient (Wildman–Crippen LogP) is 3.31. The Hall–Kier alpha value is -1.02. The van der Waals surface area contributed by atoms with Gasteiger partial charge < -0.3 is 0 Å². The van der Waals surface area contributed by atoms with Crippen LogP contribution in [0, 0.1) is 0 Å². The lowest BCUT2D eigenvalue weighted by Gasteiger charge is -2.17. The highest BCUT2D eigenvalue weighted by atomic mass is 32.2. The number of allylic oxidation sites excluding steroid dienone is 1. The fraction of sp³-hybridized carbons (Fsp3) is 0.250. The number of carbonyl (C=O) groups is 1. The van der Waals surface area contributed by atoms with Gasteiger partial charge in [0.1, 0.15) is 0 Å². The summed E-state index contributed by atoms with van der Waals surface area (Å²) in [6.07, 6.45) is 2.54. The van der Waals surface area contributed by atoms with E-state index in [0.717, 1.165) is 16.9 Å². The maximum absolute atomic E-state index is 12.0. The molecule has 72 valence electrons. The minimum Gasteiger partial charge on any atom is -0.293 e. The summed E-state index contributed by atoms with van der Waals surface area (Å²) in [6, 6.07) is 7.79. The first-order valence-corrected chi connectivity index (χ1v) is 5.43. The third kappa shape index (κ3) is 1.30. The van der Waals surface area contributed by atoms with Gasteiger partial charge in [-0.1, -0.05) is 24.3 Å². The lowest BCUT2D eigenvalue weighted by Crippen LogP contribution is -2.26. The fourth-order valence-electron chi connectivity index (χ4n) is 1.73. The number of rotatable bonds is 2. The van der Waals surface area contributed by atoms with Crippen molar-refractivity contribution in [3.8, 4) is 0 Å². The van der Waals surface area contributed by atoms with Crippen molar-refractivity contribution in [2.45, 2.75) is 23.0 Å². The fourth-order valence-corrected chi connectivity index (χ4v) is 3.03. The average Bonchev–Trinajstić information content (AvgIpc) is 2.41. The Balaban J connectivity index is 2.43. The molecule has 0 N–H and O–H groups in total. The Labute approximate surface area is 88.2 Å². The maximum atomic E-state index is 12.0. The molecule has 0 fully saturated rings. The zero-order valence-corrected chi connectivity index (χ0v) is 8.93. The summed E-state index contributed by atoms with van der Waals surface area (Å²) >= 11 is 1.65. The predicted molar refractivity (Wildman–Crippen MR) is 59.8 cm³/mol. The van der Waals surface area contributed by atoms with Crippen molar-refractivity contribution in [1.82, 2.24) is 0 Å².